The first-order valence-electron chi connectivity index (χ1n) is 9.00. The molecular weight excluding hydrogens is 396 g/mol. The maximum absolute atomic E-state index is 12.6. The minimum Gasteiger partial charge on any atom is -0.326 e. The molecule has 0 spiro atoms. The van der Waals surface area contributed by atoms with Crippen LogP contribution in [0.5, 0.6) is 0 Å². The number of rotatable bonds is 6. The zero-order valence-electron chi connectivity index (χ0n) is 15.7. The van der Waals surface area contributed by atoms with Crippen LogP contribution in [0.25, 0.3) is 0 Å². The van der Waals surface area contributed by atoms with E-state index in [0.717, 1.165) is 10.5 Å². The summed E-state index contributed by atoms with van der Waals surface area (Å²) < 4.78 is 25.3. The number of amides is 2. The Hall–Kier alpha value is -2.32. The van der Waals surface area contributed by atoms with Gasteiger partial charge in [0.25, 0.3) is 0 Å². The van der Waals surface area contributed by atoms with Gasteiger partial charge >= 0.3 is 0 Å². The Kier molecular flexibility index (Phi) is 6.10. The molecule has 0 fully saturated rings. The number of aryl methyl sites for hydroxylation is 1. The van der Waals surface area contributed by atoms with Gasteiger partial charge in [-0.25, -0.2) is 8.42 Å². The van der Waals surface area contributed by atoms with Crippen molar-refractivity contribution in [3.05, 3.63) is 48.0 Å². The fraction of sp³-hybridized carbons (Fsp3) is 0.300. The molecule has 0 radical (unpaired) electrons. The molecule has 2 aromatic carbocycles. The Balaban J connectivity index is 1.68. The van der Waals surface area contributed by atoms with Crippen LogP contribution >= 0.6 is 11.8 Å². The van der Waals surface area contributed by atoms with Crippen LogP contribution < -0.4 is 10.6 Å². The summed E-state index contributed by atoms with van der Waals surface area (Å²) in [5, 5.41) is 5.34. The first-order valence-corrected chi connectivity index (χ1v) is 11.5. The normalized spacial score (nSPS) is 16.2. The lowest BCUT2D eigenvalue weighted by atomic mass is 10.2. The summed E-state index contributed by atoms with van der Waals surface area (Å²) in [5.74, 6) is -0.778. The average molecular weight is 419 g/mol. The SMILES string of the molecule is CC[C@@H]1Sc2ccc(S(=O)(=O)CCC(=O)Nc3ccccc3C)cc2NC1=O. The van der Waals surface area contributed by atoms with Crippen molar-refractivity contribution in [2.75, 3.05) is 16.4 Å². The van der Waals surface area contributed by atoms with Crippen LogP contribution in [0.15, 0.2) is 52.3 Å². The molecule has 0 aliphatic carbocycles. The predicted octanol–water partition coefficient (Wildman–Crippen LogP) is 3.62. The number of carbonyl (C=O) groups excluding carboxylic acids is 2. The molecule has 0 saturated heterocycles. The molecule has 1 atom stereocenters. The minimum absolute atomic E-state index is 0.103. The molecule has 0 unspecified atom stereocenters. The van der Waals surface area contributed by atoms with Gasteiger partial charge in [0, 0.05) is 17.0 Å². The highest BCUT2D eigenvalue weighted by Gasteiger charge is 2.27. The zero-order valence-corrected chi connectivity index (χ0v) is 17.3. The number of hydrogen-bond acceptors (Lipinski definition) is 5. The highest BCUT2D eigenvalue weighted by Crippen LogP contribution is 2.38. The third-order valence-corrected chi connectivity index (χ3v) is 7.67. The quantitative estimate of drug-likeness (QED) is 0.747. The van der Waals surface area contributed by atoms with Gasteiger partial charge in [-0.05, 0) is 43.2 Å². The van der Waals surface area contributed by atoms with Crippen LogP contribution in [0.1, 0.15) is 25.3 Å². The molecule has 6 nitrogen and oxygen atoms in total. The van der Waals surface area contributed by atoms with Crippen LogP contribution in [0.3, 0.4) is 0 Å². The average Bonchev–Trinajstić information content (AvgIpc) is 2.67. The Bertz CT molecular complexity index is 1020. The molecule has 3 rings (SSSR count). The van der Waals surface area contributed by atoms with Gasteiger partial charge in [-0.1, -0.05) is 25.1 Å². The zero-order chi connectivity index (χ0) is 20.3. The number of para-hydroxylation sites is 1. The van der Waals surface area contributed by atoms with Crippen LogP contribution in [0.4, 0.5) is 11.4 Å². The Morgan fingerprint density at radius 1 is 1.21 bits per heavy atom. The second kappa shape index (κ2) is 8.36. The largest absolute Gasteiger partial charge is 0.326 e. The molecule has 0 saturated carbocycles. The molecule has 148 valence electrons. The van der Waals surface area contributed by atoms with Crippen LogP contribution in [0, 0.1) is 6.92 Å². The number of benzene rings is 2. The monoisotopic (exact) mass is 418 g/mol. The molecule has 0 aromatic heterocycles. The first kappa shape index (κ1) is 20.4. The molecule has 2 N–H and O–H groups in total. The standard InChI is InChI=1S/C20H22N2O4S2/c1-3-17-20(24)22-16-12-14(8-9-18(16)27-17)28(25,26)11-10-19(23)21-15-7-5-4-6-13(15)2/h4-9,12,17H,3,10-11H2,1-2H3,(H,21,23)(H,22,24)/t17-/m0/s1. The Morgan fingerprint density at radius 3 is 2.68 bits per heavy atom. The topological polar surface area (TPSA) is 92.3 Å². The first-order chi connectivity index (χ1) is 13.3. The van der Waals surface area contributed by atoms with E-state index in [1.807, 2.05) is 32.0 Å². The summed E-state index contributed by atoms with van der Waals surface area (Å²) >= 11 is 1.43. The summed E-state index contributed by atoms with van der Waals surface area (Å²) in [5.41, 5.74) is 2.08. The minimum atomic E-state index is -3.65. The van der Waals surface area contributed by atoms with Gasteiger partial charge in [0.1, 0.15) is 0 Å². The predicted molar refractivity (Wildman–Crippen MR) is 111 cm³/mol. The number of carbonyl (C=O) groups is 2. The molecule has 28 heavy (non-hydrogen) atoms. The molecule has 1 aliphatic rings. The van der Waals surface area contributed by atoms with E-state index in [4.69, 9.17) is 0 Å². The number of thioether (sulfide) groups is 1. The van der Waals surface area contributed by atoms with E-state index in [1.165, 1.54) is 23.9 Å². The molecule has 2 aromatic rings. The van der Waals surface area contributed by atoms with Gasteiger partial charge < -0.3 is 10.6 Å². The van der Waals surface area contributed by atoms with Gasteiger partial charge in [-0.15, -0.1) is 11.8 Å². The molecule has 8 heteroatoms. The van der Waals surface area contributed by atoms with Crippen LogP contribution in [0.2, 0.25) is 0 Å². The highest BCUT2D eigenvalue weighted by molar-refractivity contribution is 8.01. The molecule has 2 amide bonds. The van der Waals surface area contributed by atoms with Crippen molar-refractivity contribution in [3.8, 4) is 0 Å². The van der Waals surface area contributed by atoms with Crippen molar-refractivity contribution in [2.24, 2.45) is 0 Å². The Morgan fingerprint density at radius 2 is 1.96 bits per heavy atom. The lowest BCUT2D eigenvalue weighted by molar-refractivity contribution is -0.116. The van der Waals surface area contributed by atoms with E-state index in [-0.39, 0.29) is 34.1 Å². The number of sulfone groups is 1. The van der Waals surface area contributed by atoms with Gasteiger partial charge in [-0.3, -0.25) is 9.59 Å². The van der Waals surface area contributed by atoms with Crippen molar-refractivity contribution in [3.63, 3.8) is 0 Å². The number of anilines is 2. The lowest BCUT2D eigenvalue weighted by Gasteiger charge is -2.23. The van der Waals surface area contributed by atoms with Crippen molar-refractivity contribution in [2.45, 2.75) is 41.7 Å². The van der Waals surface area contributed by atoms with Crippen molar-refractivity contribution in [1.29, 1.82) is 0 Å². The second-order valence-corrected chi connectivity index (χ2v) is 9.95. The third-order valence-electron chi connectivity index (χ3n) is 4.52. The van der Waals surface area contributed by atoms with Gasteiger partial charge in [0.05, 0.1) is 21.6 Å². The van der Waals surface area contributed by atoms with E-state index in [2.05, 4.69) is 10.6 Å². The fourth-order valence-electron chi connectivity index (χ4n) is 2.86. The van der Waals surface area contributed by atoms with Crippen molar-refractivity contribution < 1.29 is 18.0 Å². The maximum Gasteiger partial charge on any atom is 0.237 e. The molecular formula is C20H22N2O4S2. The molecule has 0 bridgehead atoms. The summed E-state index contributed by atoms with van der Waals surface area (Å²) in [6, 6.07) is 12.0. The van der Waals surface area contributed by atoms with Crippen molar-refractivity contribution >= 4 is 44.8 Å². The smallest absolute Gasteiger partial charge is 0.237 e. The van der Waals surface area contributed by atoms with Crippen molar-refractivity contribution in [1.82, 2.24) is 0 Å². The third kappa shape index (κ3) is 4.56. The summed E-state index contributed by atoms with van der Waals surface area (Å²) in [7, 11) is -3.65. The summed E-state index contributed by atoms with van der Waals surface area (Å²) in [6.45, 7) is 3.80. The second-order valence-electron chi connectivity index (χ2n) is 6.59. The van der Waals surface area contributed by atoms with E-state index in [1.54, 1.807) is 12.1 Å². The van der Waals surface area contributed by atoms with E-state index < -0.39 is 9.84 Å². The lowest BCUT2D eigenvalue weighted by Crippen LogP contribution is -2.28. The summed E-state index contributed by atoms with van der Waals surface area (Å²) in [4.78, 5) is 25.1. The summed E-state index contributed by atoms with van der Waals surface area (Å²) in [6.07, 6.45) is 0.554. The highest BCUT2D eigenvalue weighted by atomic mass is 32.2. The van der Waals surface area contributed by atoms with Gasteiger partial charge in [0.2, 0.25) is 11.8 Å². The maximum atomic E-state index is 12.6. The molecule has 1 heterocycles. The van der Waals surface area contributed by atoms with E-state index >= 15 is 0 Å². The molecule has 1 aliphatic heterocycles. The van der Waals surface area contributed by atoms with E-state index in [0.29, 0.717) is 17.8 Å². The van der Waals surface area contributed by atoms with Gasteiger partial charge in [-0.2, -0.15) is 0 Å². The number of fused-ring (bicyclic) bond motifs is 1. The van der Waals surface area contributed by atoms with Crippen LogP contribution in [-0.4, -0.2) is 31.2 Å². The Labute approximate surface area is 169 Å². The van der Waals surface area contributed by atoms with Crippen LogP contribution in [-0.2, 0) is 19.4 Å². The number of hydrogen-bond donors (Lipinski definition) is 2. The van der Waals surface area contributed by atoms with E-state index in [9.17, 15) is 18.0 Å². The fourth-order valence-corrected chi connectivity index (χ4v) is 5.15. The van der Waals surface area contributed by atoms with Gasteiger partial charge in [0.15, 0.2) is 9.84 Å². The number of nitrogens with one attached hydrogen (secondary N) is 2.